The molecule has 0 atom stereocenters. The first kappa shape index (κ1) is 6.66. The zero-order valence-corrected chi connectivity index (χ0v) is 4.61. The van der Waals surface area contributed by atoms with Crippen LogP contribution in [0.15, 0.2) is 12.2 Å². The van der Waals surface area contributed by atoms with Crippen LogP contribution in [0.5, 0.6) is 0 Å². The van der Waals surface area contributed by atoms with E-state index in [1.54, 1.807) is 7.11 Å². The van der Waals surface area contributed by atoms with Crippen LogP contribution in [0.25, 0.3) is 0 Å². The number of nitrogens with two attached hydrogens (primary N) is 1. The fraction of sp³-hybridized carbons (Fsp3) is 0.600. The van der Waals surface area contributed by atoms with E-state index in [1.165, 1.54) is 0 Å². The molecule has 0 radical (unpaired) electrons. The molecule has 0 spiro atoms. The average Bonchev–Trinajstić information content (AvgIpc) is 1.68. The van der Waals surface area contributed by atoms with Gasteiger partial charge in [-0.25, -0.2) is 0 Å². The first-order chi connectivity index (χ1) is 3.31. The van der Waals surface area contributed by atoms with Gasteiger partial charge in [0.1, 0.15) is 0 Å². The molecular formula is C5H11NO. The SMILES string of the molecule is C=C(CN)COC. The van der Waals surface area contributed by atoms with Crippen LogP contribution in [0, 0.1) is 0 Å². The molecule has 0 amide bonds. The second-order valence-electron chi connectivity index (χ2n) is 1.39. The van der Waals surface area contributed by atoms with Gasteiger partial charge in [0.25, 0.3) is 0 Å². The zero-order valence-electron chi connectivity index (χ0n) is 4.61. The second-order valence-corrected chi connectivity index (χ2v) is 1.39. The number of rotatable bonds is 3. The lowest BCUT2D eigenvalue weighted by Gasteiger charge is -1.96. The highest BCUT2D eigenvalue weighted by atomic mass is 16.5. The smallest absolute Gasteiger partial charge is 0.0682 e. The molecule has 2 N–H and O–H groups in total. The molecule has 0 aromatic carbocycles. The average molecular weight is 101 g/mol. The third kappa shape index (κ3) is 3.49. The molecule has 0 aromatic rings. The van der Waals surface area contributed by atoms with E-state index in [9.17, 15) is 0 Å². The molecule has 0 rings (SSSR count). The molecule has 0 unspecified atom stereocenters. The largest absolute Gasteiger partial charge is 0.380 e. The molecule has 0 saturated carbocycles. The highest BCUT2D eigenvalue weighted by Gasteiger charge is 1.83. The van der Waals surface area contributed by atoms with Crippen molar-refractivity contribution in [2.24, 2.45) is 5.73 Å². The summed E-state index contributed by atoms with van der Waals surface area (Å²) in [6, 6.07) is 0. The number of methoxy groups -OCH3 is 1. The van der Waals surface area contributed by atoms with Gasteiger partial charge in [0.2, 0.25) is 0 Å². The van der Waals surface area contributed by atoms with Crippen LogP contribution in [-0.2, 0) is 4.74 Å². The van der Waals surface area contributed by atoms with Crippen molar-refractivity contribution >= 4 is 0 Å². The molecule has 42 valence electrons. The van der Waals surface area contributed by atoms with E-state index in [-0.39, 0.29) is 0 Å². The predicted molar refractivity (Wildman–Crippen MR) is 30.1 cm³/mol. The summed E-state index contributed by atoms with van der Waals surface area (Å²) in [5.74, 6) is 0. The van der Waals surface area contributed by atoms with Gasteiger partial charge in [-0.3, -0.25) is 0 Å². The summed E-state index contributed by atoms with van der Waals surface area (Å²) in [7, 11) is 1.63. The van der Waals surface area contributed by atoms with Crippen LogP contribution >= 0.6 is 0 Å². The Bertz CT molecular complexity index is 61.1. The molecule has 2 heteroatoms. The van der Waals surface area contributed by atoms with E-state index in [4.69, 9.17) is 10.5 Å². The maximum Gasteiger partial charge on any atom is 0.0682 e. The maximum absolute atomic E-state index is 5.18. The lowest BCUT2D eigenvalue weighted by Crippen LogP contribution is -2.06. The Morgan fingerprint density at radius 1 is 1.86 bits per heavy atom. The van der Waals surface area contributed by atoms with Gasteiger partial charge >= 0.3 is 0 Å². The highest BCUT2D eigenvalue weighted by Crippen LogP contribution is 1.82. The standard InChI is InChI=1S/C5H11NO/c1-5(3-6)4-7-2/h1,3-4,6H2,2H3. The first-order valence-electron chi connectivity index (χ1n) is 2.17. The molecule has 7 heavy (non-hydrogen) atoms. The van der Waals surface area contributed by atoms with Gasteiger partial charge in [-0.1, -0.05) is 6.58 Å². The molecule has 2 nitrogen and oxygen atoms in total. The summed E-state index contributed by atoms with van der Waals surface area (Å²) < 4.78 is 4.71. The van der Waals surface area contributed by atoms with Crippen molar-refractivity contribution in [3.05, 3.63) is 12.2 Å². The third-order valence-electron chi connectivity index (χ3n) is 0.637. The Labute approximate surface area is 44.0 Å². The van der Waals surface area contributed by atoms with Gasteiger partial charge in [-0.2, -0.15) is 0 Å². The number of hydrogen-bond acceptors (Lipinski definition) is 2. The lowest BCUT2D eigenvalue weighted by molar-refractivity contribution is 0.225. The highest BCUT2D eigenvalue weighted by molar-refractivity contribution is 4.94. The molecule has 0 fully saturated rings. The Morgan fingerprint density at radius 3 is 2.57 bits per heavy atom. The quantitative estimate of drug-likeness (QED) is 0.513. The molecule has 0 aliphatic heterocycles. The van der Waals surface area contributed by atoms with Crippen LogP contribution < -0.4 is 5.73 Å². The van der Waals surface area contributed by atoms with Gasteiger partial charge in [-0.15, -0.1) is 0 Å². The van der Waals surface area contributed by atoms with E-state index in [1.807, 2.05) is 0 Å². The van der Waals surface area contributed by atoms with Crippen molar-refractivity contribution < 1.29 is 4.74 Å². The van der Waals surface area contributed by atoms with Crippen LogP contribution in [0.2, 0.25) is 0 Å². The van der Waals surface area contributed by atoms with E-state index in [0.29, 0.717) is 13.2 Å². The monoisotopic (exact) mass is 101 g/mol. The van der Waals surface area contributed by atoms with Crippen LogP contribution in [-0.4, -0.2) is 20.3 Å². The van der Waals surface area contributed by atoms with Crippen molar-refractivity contribution in [1.29, 1.82) is 0 Å². The summed E-state index contributed by atoms with van der Waals surface area (Å²) in [5, 5.41) is 0. The summed E-state index contributed by atoms with van der Waals surface area (Å²) >= 11 is 0. The van der Waals surface area contributed by atoms with Crippen molar-refractivity contribution in [2.75, 3.05) is 20.3 Å². The Morgan fingerprint density at radius 2 is 2.43 bits per heavy atom. The molecule has 0 aliphatic rings. The lowest BCUT2D eigenvalue weighted by atomic mass is 10.3. The molecule has 0 bridgehead atoms. The molecule has 0 heterocycles. The summed E-state index contributed by atoms with van der Waals surface area (Å²) in [5.41, 5.74) is 6.11. The number of hydrogen-bond donors (Lipinski definition) is 1. The van der Waals surface area contributed by atoms with Crippen molar-refractivity contribution in [2.45, 2.75) is 0 Å². The Balaban J connectivity index is 3.00. The third-order valence-corrected chi connectivity index (χ3v) is 0.637. The predicted octanol–water partition coefficient (Wildman–Crippen LogP) is 0.148. The van der Waals surface area contributed by atoms with Crippen LogP contribution in [0.4, 0.5) is 0 Å². The van der Waals surface area contributed by atoms with Crippen molar-refractivity contribution in [1.82, 2.24) is 0 Å². The minimum Gasteiger partial charge on any atom is -0.380 e. The van der Waals surface area contributed by atoms with E-state index in [2.05, 4.69) is 6.58 Å². The first-order valence-corrected chi connectivity index (χ1v) is 2.17. The molecule has 0 saturated heterocycles. The Hall–Kier alpha value is -0.340. The van der Waals surface area contributed by atoms with Gasteiger partial charge in [0, 0.05) is 13.7 Å². The Kier molecular flexibility index (Phi) is 3.65. The van der Waals surface area contributed by atoms with Gasteiger partial charge < -0.3 is 10.5 Å². The van der Waals surface area contributed by atoms with Gasteiger partial charge in [-0.05, 0) is 5.57 Å². The van der Waals surface area contributed by atoms with E-state index >= 15 is 0 Å². The summed E-state index contributed by atoms with van der Waals surface area (Å²) in [6.45, 7) is 4.71. The fourth-order valence-electron chi connectivity index (χ4n) is 0.263. The van der Waals surface area contributed by atoms with E-state index in [0.717, 1.165) is 5.57 Å². The van der Waals surface area contributed by atoms with Crippen molar-refractivity contribution in [3.63, 3.8) is 0 Å². The van der Waals surface area contributed by atoms with Crippen LogP contribution in [0.3, 0.4) is 0 Å². The molecule has 0 aliphatic carbocycles. The summed E-state index contributed by atoms with van der Waals surface area (Å²) in [4.78, 5) is 0. The van der Waals surface area contributed by atoms with Crippen LogP contribution in [0.1, 0.15) is 0 Å². The topological polar surface area (TPSA) is 35.2 Å². The zero-order chi connectivity index (χ0) is 5.70. The molecular weight excluding hydrogens is 90.1 g/mol. The molecule has 0 aromatic heterocycles. The normalized spacial score (nSPS) is 8.86. The van der Waals surface area contributed by atoms with Crippen molar-refractivity contribution in [3.8, 4) is 0 Å². The minimum atomic E-state index is 0.522. The maximum atomic E-state index is 5.18. The second kappa shape index (κ2) is 3.84. The van der Waals surface area contributed by atoms with E-state index < -0.39 is 0 Å². The number of ether oxygens (including phenoxy) is 1. The van der Waals surface area contributed by atoms with Gasteiger partial charge in [0.15, 0.2) is 0 Å². The minimum absolute atomic E-state index is 0.522. The van der Waals surface area contributed by atoms with Gasteiger partial charge in [0.05, 0.1) is 6.61 Å². The summed E-state index contributed by atoms with van der Waals surface area (Å²) in [6.07, 6.45) is 0. The fourth-order valence-corrected chi connectivity index (χ4v) is 0.263.